The van der Waals surface area contributed by atoms with Crippen LogP contribution in [0.4, 0.5) is 13.2 Å². The van der Waals surface area contributed by atoms with E-state index in [1.807, 2.05) is 26.8 Å². The Balaban J connectivity index is 1.98. The fourth-order valence-electron chi connectivity index (χ4n) is 3.64. The van der Waals surface area contributed by atoms with Crippen LogP contribution in [0.3, 0.4) is 0 Å². The molecule has 4 rings (SSSR count). The van der Waals surface area contributed by atoms with Crippen LogP contribution >= 0.6 is 11.6 Å². The van der Waals surface area contributed by atoms with E-state index in [-0.39, 0.29) is 16.8 Å². The number of alkyl halides is 3. The van der Waals surface area contributed by atoms with Crippen molar-refractivity contribution in [2.24, 2.45) is 0 Å². The Morgan fingerprint density at radius 1 is 1.06 bits per heavy atom. The number of aromatic nitrogens is 4. The zero-order valence-electron chi connectivity index (χ0n) is 18.8. The van der Waals surface area contributed by atoms with Crippen molar-refractivity contribution in [1.29, 1.82) is 0 Å². The number of fused-ring (bicyclic) bond motifs is 1. The minimum Gasteiger partial charge on any atom is -0.285 e. The van der Waals surface area contributed by atoms with Gasteiger partial charge in [0.15, 0.2) is 0 Å². The largest absolute Gasteiger partial charge is 0.433 e. The minimum absolute atomic E-state index is 0.0861. The zero-order chi connectivity index (χ0) is 24.8. The van der Waals surface area contributed by atoms with Crippen molar-refractivity contribution >= 4 is 34.3 Å². The summed E-state index contributed by atoms with van der Waals surface area (Å²) in [5.41, 5.74) is 3.20. The molecule has 3 aromatic heterocycles. The number of hydrogen-bond acceptors (Lipinski definition) is 4. The molecule has 3 heterocycles. The van der Waals surface area contributed by atoms with E-state index in [2.05, 4.69) is 15.1 Å². The highest BCUT2D eigenvalue weighted by Gasteiger charge is 2.32. The summed E-state index contributed by atoms with van der Waals surface area (Å²) in [5, 5.41) is 5.18. The second kappa shape index (κ2) is 8.68. The van der Waals surface area contributed by atoms with Gasteiger partial charge in [0.25, 0.3) is 0 Å². The van der Waals surface area contributed by atoms with E-state index in [0.29, 0.717) is 27.5 Å². The molecule has 0 fully saturated rings. The number of rotatable bonds is 3. The summed E-state index contributed by atoms with van der Waals surface area (Å²) in [6.45, 7) is 7.21. The van der Waals surface area contributed by atoms with Crippen LogP contribution in [0.25, 0.3) is 28.4 Å². The predicted molar refractivity (Wildman–Crippen MR) is 127 cm³/mol. The average Bonchev–Trinajstić information content (AvgIpc) is 2.75. The Labute approximate surface area is 198 Å². The number of aryl methyl sites for hydroxylation is 3. The Kier molecular flexibility index (Phi) is 6.03. The van der Waals surface area contributed by atoms with E-state index in [1.54, 1.807) is 29.8 Å². The molecule has 9 heteroatoms. The van der Waals surface area contributed by atoms with Gasteiger partial charge >= 0.3 is 6.18 Å². The number of hydrogen-bond donors (Lipinski definition) is 0. The van der Waals surface area contributed by atoms with Gasteiger partial charge in [0.2, 0.25) is 5.43 Å². The Morgan fingerprint density at radius 3 is 2.47 bits per heavy atom. The van der Waals surface area contributed by atoms with E-state index in [9.17, 15) is 18.0 Å². The van der Waals surface area contributed by atoms with Gasteiger partial charge in [0, 0.05) is 16.9 Å². The van der Waals surface area contributed by atoms with Gasteiger partial charge in [0.05, 0.1) is 11.2 Å². The van der Waals surface area contributed by atoms with E-state index < -0.39 is 17.3 Å². The molecule has 0 spiro atoms. The van der Waals surface area contributed by atoms with E-state index in [4.69, 9.17) is 11.6 Å². The van der Waals surface area contributed by atoms with Gasteiger partial charge in [-0.1, -0.05) is 11.6 Å². The van der Waals surface area contributed by atoms with Gasteiger partial charge in [-0.05, 0) is 92.4 Å². The normalized spacial score (nSPS) is 12.4. The highest BCUT2D eigenvalue weighted by atomic mass is 35.5. The molecule has 0 aliphatic carbocycles. The van der Waals surface area contributed by atoms with Gasteiger partial charge in [-0.3, -0.25) is 9.78 Å². The molecule has 0 aliphatic rings. The van der Waals surface area contributed by atoms with Crippen molar-refractivity contribution in [3.05, 3.63) is 91.6 Å². The topological polar surface area (TPSA) is 60.7 Å². The summed E-state index contributed by atoms with van der Waals surface area (Å²) in [6, 6.07) is 9.52. The van der Waals surface area contributed by atoms with Crippen molar-refractivity contribution in [1.82, 2.24) is 19.7 Å². The SMILES string of the molecule is C/C(=C\c1ccnc(C(F)(F)F)c1)c1nn(-c2ccc(Cl)cc2C)c2cc(C)c(C)nc2c1=O. The van der Waals surface area contributed by atoms with Crippen LogP contribution in [-0.2, 0) is 6.18 Å². The molecule has 174 valence electrons. The highest BCUT2D eigenvalue weighted by Crippen LogP contribution is 2.29. The Hall–Kier alpha value is -3.52. The quantitative estimate of drug-likeness (QED) is 0.341. The van der Waals surface area contributed by atoms with Crippen molar-refractivity contribution in [2.45, 2.75) is 33.9 Å². The number of pyridine rings is 2. The predicted octanol–water partition coefficient (Wildman–Crippen LogP) is 6.33. The fraction of sp³-hybridized carbons (Fsp3) is 0.200. The lowest BCUT2D eigenvalue weighted by molar-refractivity contribution is -0.141. The summed E-state index contributed by atoms with van der Waals surface area (Å²) < 4.78 is 40.9. The van der Waals surface area contributed by atoms with Crippen LogP contribution in [0.2, 0.25) is 5.02 Å². The summed E-state index contributed by atoms with van der Waals surface area (Å²) in [5.74, 6) is 0. The van der Waals surface area contributed by atoms with Crippen LogP contribution < -0.4 is 5.43 Å². The summed E-state index contributed by atoms with van der Waals surface area (Å²) in [6.07, 6.45) is -2.01. The Morgan fingerprint density at radius 2 is 1.79 bits per heavy atom. The first-order chi connectivity index (χ1) is 16.0. The maximum Gasteiger partial charge on any atom is 0.433 e. The van der Waals surface area contributed by atoms with Gasteiger partial charge < -0.3 is 0 Å². The van der Waals surface area contributed by atoms with Crippen LogP contribution in [0.1, 0.15) is 40.7 Å². The molecule has 4 aromatic rings. The first kappa shape index (κ1) is 23.6. The number of nitrogens with zero attached hydrogens (tertiary/aromatic N) is 4. The molecule has 0 amide bonds. The lowest BCUT2D eigenvalue weighted by Gasteiger charge is -2.15. The number of benzene rings is 1. The second-order valence-corrected chi connectivity index (χ2v) is 8.51. The number of allylic oxidation sites excluding steroid dienone is 1. The molecule has 0 saturated heterocycles. The molecule has 1 aromatic carbocycles. The number of halogens is 4. The monoisotopic (exact) mass is 484 g/mol. The summed E-state index contributed by atoms with van der Waals surface area (Å²) in [7, 11) is 0. The lowest BCUT2D eigenvalue weighted by atomic mass is 10.1. The molecule has 0 bridgehead atoms. The molecule has 0 N–H and O–H groups in total. The second-order valence-electron chi connectivity index (χ2n) is 8.08. The van der Waals surface area contributed by atoms with E-state index >= 15 is 0 Å². The molecule has 0 aliphatic heterocycles. The van der Waals surface area contributed by atoms with Crippen molar-refractivity contribution in [3.63, 3.8) is 0 Å². The maximum atomic E-state index is 13.4. The van der Waals surface area contributed by atoms with Gasteiger partial charge in [-0.2, -0.15) is 18.3 Å². The molecule has 0 atom stereocenters. The lowest BCUT2D eigenvalue weighted by Crippen LogP contribution is -2.19. The standard InChI is InChI=1S/C25H20ClF3N4O/c1-13-11-20-23(31-16(13)4)24(34)22(32-33(20)19-6-5-18(26)10-14(19)2)15(3)9-17-7-8-30-21(12-17)25(27,28)29/h5-12H,1-4H3/b15-9+. The van der Waals surface area contributed by atoms with Gasteiger partial charge in [0.1, 0.15) is 16.9 Å². The zero-order valence-corrected chi connectivity index (χ0v) is 19.6. The average molecular weight is 485 g/mol. The molecule has 0 saturated carbocycles. The third-order valence-electron chi connectivity index (χ3n) is 5.52. The van der Waals surface area contributed by atoms with Gasteiger partial charge in [-0.25, -0.2) is 9.67 Å². The molecule has 0 radical (unpaired) electrons. The molecular weight excluding hydrogens is 465 g/mol. The van der Waals surface area contributed by atoms with Crippen LogP contribution in [-0.4, -0.2) is 19.7 Å². The van der Waals surface area contributed by atoms with Crippen LogP contribution in [0.5, 0.6) is 0 Å². The first-order valence-corrected chi connectivity index (χ1v) is 10.7. The summed E-state index contributed by atoms with van der Waals surface area (Å²) in [4.78, 5) is 21.3. The van der Waals surface area contributed by atoms with Crippen LogP contribution in [0.15, 0.2) is 47.4 Å². The van der Waals surface area contributed by atoms with Crippen LogP contribution in [0, 0.1) is 20.8 Å². The Bertz CT molecular complexity index is 1520. The van der Waals surface area contributed by atoms with E-state index in [0.717, 1.165) is 23.4 Å². The molecular formula is C25H20ClF3N4O. The highest BCUT2D eigenvalue weighted by molar-refractivity contribution is 6.30. The summed E-state index contributed by atoms with van der Waals surface area (Å²) >= 11 is 6.12. The minimum atomic E-state index is -4.57. The molecule has 34 heavy (non-hydrogen) atoms. The molecule has 5 nitrogen and oxygen atoms in total. The molecule has 0 unspecified atom stereocenters. The smallest absolute Gasteiger partial charge is 0.285 e. The van der Waals surface area contributed by atoms with E-state index in [1.165, 1.54) is 12.1 Å². The van der Waals surface area contributed by atoms with Gasteiger partial charge in [-0.15, -0.1) is 0 Å². The third-order valence-corrected chi connectivity index (χ3v) is 5.76. The fourth-order valence-corrected chi connectivity index (χ4v) is 3.87. The maximum absolute atomic E-state index is 13.4. The third kappa shape index (κ3) is 4.46. The van der Waals surface area contributed by atoms with Crippen molar-refractivity contribution in [3.8, 4) is 5.69 Å². The van der Waals surface area contributed by atoms with Crippen molar-refractivity contribution < 1.29 is 13.2 Å². The van der Waals surface area contributed by atoms with Crippen molar-refractivity contribution in [2.75, 3.05) is 0 Å². The first-order valence-electron chi connectivity index (χ1n) is 10.4.